The second-order valence-electron chi connectivity index (χ2n) is 5.86. The van der Waals surface area contributed by atoms with Crippen LogP contribution in [0, 0.1) is 10.6 Å². The van der Waals surface area contributed by atoms with Gasteiger partial charge < -0.3 is 0 Å². The second kappa shape index (κ2) is 6.64. The normalized spacial score (nSPS) is 15.9. The predicted molar refractivity (Wildman–Crippen MR) is 92.7 cm³/mol. The van der Waals surface area contributed by atoms with E-state index in [1.54, 1.807) is 19.9 Å². The van der Waals surface area contributed by atoms with E-state index >= 15 is 0 Å². The molecule has 1 N–H and O–H groups in total. The monoisotopic (exact) mass is 369 g/mol. The van der Waals surface area contributed by atoms with E-state index in [1.807, 2.05) is 0 Å². The summed E-state index contributed by atoms with van der Waals surface area (Å²) in [5, 5.41) is -1.28. The third-order valence-corrected chi connectivity index (χ3v) is 8.38. The van der Waals surface area contributed by atoms with Crippen molar-refractivity contribution in [2.24, 2.45) is 0 Å². The first-order valence-corrected chi connectivity index (χ1v) is 10.6. The number of hydrogen-bond donors (Lipinski definition) is 1. The first kappa shape index (κ1) is 18.6. The molecule has 0 saturated carbocycles. The van der Waals surface area contributed by atoms with E-state index in [0.29, 0.717) is 10.5 Å². The molecule has 0 aliphatic heterocycles. The molecule has 4 nitrogen and oxygen atoms in total. The molecule has 0 amide bonds. The number of sulfone groups is 1. The summed E-state index contributed by atoms with van der Waals surface area (Å²) in [5.41, 5.74) is 0.366. The summed E-state index contributed by atoms with van der Waals surface area (Å²) in [7, 11) is -6.67. The standard InChI is InChI=1S/C17H20FNO3S2/c1-12(2)23(19,20)16-7-9-17(10-8-16)24(21,22)13(3)14-5-4-6-15(18)11-14/h4-13,19H,1-3H3/t13-,23?/m1/s1. The molecule has 2 rings (SSSR count). The largest absolute Gasteiger partial charge is 0.249 e. The highest BCUT2D eigenvalue weighted by Gasteiger charge is 2.26. The average Bonchev–Trinajstić information content (AvgIpc) is 2.54. The Bertz CT molecular complexity index is 934. The minimum atomic E-state index is -3.71. The van der Waals surface area contributed by atoms with Gasteiger partial charge in [-0.15, -0.1) is 0 Å². The van der Waals surface area contributed by atoms with E-state index in [1.165, 1.54) is 49.4 Å². The van der Waals surface area contributed by atoms with Crippen LogP contribution in [0.2, 0.25) is 0 Å². The molecule has 130 valence electrons. The van der Waals surface area contributed by atoms with Gasteiger partial charge in [-0.3, -0.25) is 0 Å². The fraction of sp³-hybridized carbons (Fsp3) is 0.294. The molecule has 1 unspecified atom stereocenters. The summed E-state index contributed by atoms with van der Waals surface area (Å²) in [5.74, 6) is -0.490. The first-order valence-electron chi connectivity index (χ1n) is 7.44. The van der Waals surface area contributed by atoms with Crippen molar-refractivity contribution < 1.29 is 17.0 Å². The highest BCUT2D eigenvalue weighted by Crippen LogP contribution is 2.29. The lowest BCUT2D eigenvalue weighted by molar-refractivity contribution is 0.585. The third-order valence-electron chi connectivity index (χ3n) is 3.95. The zero-order valence-electron chi connectivity index (χ0n) is 13.7. The summed E-state index contributed by atoms with van der Waals surface area (Å²) >= 11 is 0. The molecule has 0 aromatic heterocycles. The van der Waals surface area contributed by atoms with Crippen LogP contribution in [0.1, 0.15) is 31.6 Å². The highest BCUT2D eigenvalue weighted by atomic mass is 32.2. The molecule has 0 bridgehead atoms. The van der Waals surface area contributed by atoms with Crippen LogP contribution in [0.15, 0.2) is 58.3 Å². The Morgan fingerprint density at radius 3 is 1.96 bits per heavy atom. The maximum atomic E-state index is 13.3. The molecule has 2 atom stereocenters. The van der Waals surface area contributed by atoms with E-state index in [-0.39, 0.29) is 10.1 Å². The minimum Gasteiger partial charge on any atom is -0.249 e. The van der Waals surface area contributed by atoms with Gasteiger partial charge in [0.1, 0.15) is 5.82 Å². The molecule has 2 aromatic carbocycles. The molecule has 7 heteroatoms. The molecule has 0 saturated heterocycles. The van der Waals surface area contributed by atoms with E-state index in [9.17, 15) is 17.0 Å². The Labute approximate surface area is 142 Å². The molecule has 0 radical (unpaired) electrons. The van der Waals surface area contributed by atoms with Crippen molar-refractivity contribution in [3.63, 3.8) is 0 Å². The topological polar surface area (TPSA) is 75.1 Å². The van der Waals surface area contributed by atoms with Gasteiger partial charge in [0.15, 0.2) is 9.84 Å². The fourth-order valence-electron chi connectivity index (χ4n) is 2.25. The fourth-order valence-corrected chi connectivity index (χ4v) is 4.76. The van der Waals surface area contributed by atoms with E-state index in [0.717, 1.165) is 0 Å². The Kier molecular flexibility index (Phi) is 5.15. The highest BCUT2D eigenvalue weighted by molar-refractivity contribution is 7.93. The molecule has 0 fully saturated rings. The van der Waals surface area contributed by atoms with Gasteiger partial charge in [0.05, 0.1) is 19.9 Å². The van der Waals surface area contributed by atoms with Crippen molar-refractivity contribution in [2.75, 3.05) is 0 Å². The van der Waals surface area contributed by atoms with Crippen molar-refractivity contribution >= 4 is 19.6 Å². The van der Waals surface area contributed by atoms with Crippen LogP contribution in [0.3, 0.4) is 0 Å². The van der Waals surface area contributed by atoms with E-state index < -0.39 is 30.6 Å². The molecular formula is C17H20FNO3S2. The summed E-state index contributed by atoms with van der Waals surface area (Å²) in [6.07, 6.45) is 0. The van der Waals surface area contributed by atoms with Crippen molar-refractivity contribution in [3.05, 3.63) is 59.9 Å². The maximum Gasteiger partial charge on any atom is 0.185 e. The number of rotatable bonds is 5. The Morgan fingerprint density at radius 2 is 1.46 bits per heavy atom. The molecule has 0 aliphatic rings. The summed E-state index contributed by atoms with van der Waals surface area (Å²) in [6, 6.07) is 11.0. The summed E-state index contributed by atoms with van der Waals surface area (Å²) in [4.78, 5) is 0.358. The molecule has 0 heterocycles. The first-order chi connectivity index (χ1) is 11.1. The van der Waals surface area contributed by atoms with Gasteiger partial charge in [-0.25, -0.2) is 21.8 Å². The lowest BCUT2D eigenvalue weighted by Crippen LogP contribution is -2.14. The predicted octanol–water partition coefficient (Wildman–Crippen LogP) is 4.17. The smallest absolute Gasteiger partial charge is 0.185 e. The Morgan fingerprint density at radius 1 is 0.917 bits per heavy atom. The van der Waals surface area contributed by atoms with Crippen LogP contribution >= 0.6 is 0 Å². The van der Waals surface area contributed by atoms with Gasteiger partial charge in [0.2, 0.25) is 0 Å². The van der Waals surface area contributed by atoms with Gasteiger partial charge in [-0.05, 0) is 62.7 Å². The lowest BCUT2D eigenvalue weighted by Gasteiger charge is -2.15. The van der Waals surface area contributed by atoms with Crippen molar-refractivity contribution in [1.82, 2.24) is 0 Å². The lowest BCUT2D eigenvalue weighted by atomic mass is 10.2. The Hall–Kier alpha value is -1.73. The maximum absolute atomic E-state index is 13.3. The van der Waals surface area contributed by atoms with Crippen molar-refractivity contribution in [1.29, 1.82) is 4.78 Å². The molecular weight excluding hydrogens is 349 g/mol. The zero-order valence-corrected chi connectivity index (χ0v) is 15.3. The molecule has 0 spiro atoms. The SMILES string of the molecule is CC(C)S(=N)(=O)c1ccc(S(=O)(=O)[C@H](C)c2cccc(F)c2)cc1. The zero-order chi connectivity index (χ0) is 18.1. The van der Waals surface area contributed by atoms with Crippen LogP contribution in [0.4, 0.5) is 4.39 Å². The van der Waals surface area contributed by atoms with Crippen LogP contribution < -0.4 is 0 Å². The van der Waals surface area contributed by atoms with Crippen molar-refractivity contribution in [3.8, 4) is 0 Å². The van der Waals surface area contributed by atoms with Gasteiger partial charge in [-0.1, -0.05) is 12.1 Å². The number of nitrogens with one attached hydrogen (secondary N) is 1. The quantitative estimate of drug-likeness (QED) is 0.859. The third kappa shape index (κ3) is 3.52. The molecule has 24 heavy (non-hydrogen) atoms. The Balaban J connectivity index is 2.40. The van der Waals surface area contributed by atoms with Gasteiger partial charge in [0.25, 0.3) is 0 Å². The van der Waals surface area contributed by atoms with E-state index in [2.05, 4.69) is 0 Å². The summed E-state index contributed by atoms with van der Waals surface area (Å²) in [6.45, 7) is 4.87. The van der Waals surface area contributed by atoms with Crippen molar-refractivity contribution in [2.45, 2.75) is 41.1 Å². The number of hydrogen-bond acceptors (Lipinski definition) is 4. The average molecular weight is 369 g/mol. The van der Waals surface area contributed by atoms with Crippen LogP contribution in [-0.4, -0.2) is 17.9 Å². The van der Waals surface area contributed by atoms with Gasteiger partial charge in [0, 0.05) is 10.1 Å². The van der Waals surface area contributed by atoms with Crippen LogP contribution in [0.25, 0.3) is 0 Å². The summed E-state index contributed by atoms with van der Waals surface area (Å²) < 4.78 is 59.0. The minimum absolute atomic E-state index is 0.0574. The van der Waals surface area contributed by atoms with E-state index in [4.69, 9.17) is 4.78 Å². The van der Waals surface area contributed by atoms with Crippen LogP contribution in [-0.2, 0) is 19.6 Å². The van der Waals surface area contributed by atoms with Gasteiger partial charge >= 0.3 is 0 Å². The molecule has 0 aliphatic carbocycles. The van der Waals surface area contributed by atoms with Crippen LogP contribution in [0.5, 0.6) is 0 Å². The number of halogens is 1. The molecule has 2 aromatic rings. The van der Waals surface area contributed by atoms with Gasteiger partial charge in [-0.2, -0.15) is 0 Å². The second-order valence-corrected chi connectivity index (χ2v) is 10.7. The number of benzene rings is 2.